The zero-order valence-corrected chi connectivity index (χ0v) is 18.6. The molecule has 0 saturated heterocycles. The van der Waals surface area contributed by atoms with Gasteiger partial charge in [0.05, 0.1) is 12.5 Å². The van der Waals surface area contributed by atoms with Gasteiger partial charge in [-0.3, -0.25) is 9.59 Å². The molecule has 3 N–H and O–H groups in total. The minimum atomic E-state index is -0.995. The number of thiophene rings is 1. The van der Waals surface area contributed by atoms with Gasteiger partial charge < -0.3 is 20.5 Å². The largest absolute Gasteiger partial charge is 0.481 e. The van der Waals surface area contributed by atoms with Crippen molar-refractivity contribution in [3.63, 3.8) is 0 Å². The Labute approximate surface area is 195 Å². The third kappa shape index (κ3) is 5.40. The van der Waals surface area contributed by atoms with Gasteiger partial charge in [0.15, 0.2) is 0 Å². The highest BCUT2D eigenvalue weighted by molar-refractivity contribution is 7.10. The first-order chi connectivity index (χ1) is 16.0. The number of benzene rings is 2. The maximum atomic E-state index is 12.3. The van der Waals surface area contributed by atoms with E-state index >= 15 is 0 Å². The van der Waals surface area contributed by atoms with E-state index in [-0.39, 0.29) is 37.8 Å². The maximum absolute atomic E-state index is 12.3. The number of carbonyl (C=O) groups excluding carboxylic acids is 2. The van der Waals surface area contributed by atoms with Crippen molar-refractivity contribution in [3.8, 4) is 11.1 Å². The van der Waals surface area contributed by atoms with Crippen LogP contribution in [0.15, 0.2) is 66.0 Å². The molecule has 33 heavy (non-hydrogen) atoms. The number of carboxylic acids is 1. The molecule has 170 valence electrons. The fourth-order valence-corrected chi connectivity index (χ4v) is 4.86. The van der Waals surface area contributed by atoms with Crippen LogP contribution in [0.2, 0.25) is 0 Å². The predicted octanol–water partition coefficient (Wildman–Crippen LogP) is 4.31. The van der Waals surface area contributed by atoms with E-state index in [1.807, 2.05) is 41.8 Å². The maximum Gasteiger partial charge on any atom is 0.407 e. The van der Waals surface area contributed by atoms with Crippen molar-refractivity contribution in [2.75, 3.05) is 13.2 Å². The summed E-state index contributed by atoms with van der Waals surface area (Å²) in [7, 11) is 0. The molecule has 0 fully saturated rings. The zero-order valence-electron chi connectivity index (χ0n) is 17.8. The first kappa shape index (κ1) is 22.5. The van der Waals surface area contributed by atoms with Crippen molar-refractivity contribution in [2.45, 2.75) is 24.8 Å². The number of aliphatic carboxylic acids is 1. The van der Waals surface area contributed by atoms with E-state index in [2.05, 4.69) is 22.8 Å². The quantitative estimate of drug-likeness (QED) is 0.438. The molecule has 1 aliphatic rings. The standard InChI is InChI=1S/C25H24N2O5S/c28-23(27-21(14-24(29)30)22-10-5-13-33-22)11-12-26-25(31)32-15-20-18-8-3-1-6-16(18)17-7-2-4-9-19(17)20/h1-10,13,20-21H,11-12,14-15H2,(H,26,31)(H,27,28)(H,29,30). The number of ether oxygens (including phenoxy) is 1. The molecule has 0 saturated carbocycles. The molecule has 1 heterocycles. The molecule has 2 amide bonds. The van der Waals surface area contributed by atoms with Crippen LogP contribution in [-0.2, 0) is 14.3 Å². The highest BCUT2D eigenvalue weighted by Gasteiger charge is 2.29. The summed E-state index contributed by atoms with van der Waals surface area (Å²) < 4.78 is 5.46. The normalized spacial score (nSPS) is 13.0. The van der Waals surface area contributed by atoms with Crippen LogP contribution in [0.4, 0.5) is 4.79 Å². The number of hydrogen-bond acceptors (Lipinski definition) is 5. The van der Waals surface area contributed by atoms with E-state index in [1.165, 1.54) is 11.3 Å². The molecule has 1 aliphatic carbocycles. The number of hydrogen-bond donors (Lipinski definition) is 3. The van der Waals surface area contributed by atoms with Gasteiger partial charge in [-0.1, -0.05) is 54.6 Å². The van der Waals surface area contributed by atoms with E-state index in [4.69, 9.17) is 9.84 Å². The van der Waals surface area contributed by atoms with Crippen LogP contribution in [0.5, 0.6) is 0 Å². The first-order valence-electron chi connectivity index (χ1n) is 10.7. The van der Waals surface area contributed by atoms with Crippen LogP contribution in [0.3, 0.4) is 0 Å². The number of fused-ring (bicyclic) bond motifs is 3. The summed E-state index contributed by atoms with van der Waals surface area (Å²) in [4.78, 5) is 36.4. The number of amides is 2. The van der Waals surface area contributed by atoms with Crippen LogP contribution in [0.25, 0.3) is 11.1 Å². The van der Waals surface area contributed by atoms with Crippen molar-refractivity contribution in [1.82, 2.24) is 10.6 Å². The SMILES string of the molecule is O=C(O)CC(NC(=O)CCNC(=O)OCC1c2ccccc2-c2ccccc21)c1cccs1. The van der Waals surface area contributed by atoms with Gasteiger partial charge in [-0.2, -0.15) is 0 Å². The van der Waals surface area contributed by atoms with Gasteiger partial charge >= 0.3 is 12.1 Å². The summed E-state index contributed by atoms with van der Waals surface area (Å²) in [6.45, 7) is 0.290. The van der Waals surface area contributed by atoms with Crippen molar-refractivity contribution >= 4 is 29.3 Å². The second kappa shape index (κ2) is 10.3. The van der Waals surface area contributed by atoms with Crippen LogP contribution in [-0.4, -0.2) is 36.2 Å². The Morgan fingerprint density at radius 3 is 2.24 bits per heavy atom. The highest BCUT2D eigenvalue weighted by atomic mass is 32.1. The summed E-state index contributed by atoms with van der Waals surface area (Å²) in [6, 6.07) is 19.2. The lowest BCUT2D eigenvalue weighted by Crippen LogP contribution is -2.34. The Hall–Kier alpha value is -3.65. The molecule has 7 nitrogen and oxygen atoms in total. The van der Waals surface area contributed by atoms with Crippen molar-refractivity contribution < 1.29 is 24.2 Å². The molecule has 1 unspecified atom stereocenters. The Morgan fingerprint density at radius 1 is 0.970 bits per heavy atom. The van der Waals surface area contributed by atoms with E-state index in [0.29, 0.717) is 0 Å². The summed E-state index contributed by atoms with van der Waals surface area (Å²) in [5.74, 6) is -1.37. The second-order valence-electron chi connectivity index (χ2n) is 7.74. The van der Waals surface area contributed by atoms with Gasteiger partial charge in [0.1, 0.15) is 6.61 Å². The second-order valence-corrected chi connectivity index (χ2v) is 8.71. The first-order valence-corrected chi connectivity index (χ1v) is 11.5. The molecule has 0 bridgehead atoms. The summed E-state index contributed by atoms with van der Waals surface area (Å²) in [6.07, 6.45) is -0.775. The average Bonchev–Trinajstić information content (AvgIpc) is 3.44. The third-order valence-electron chi connectivity index (χ3n) is 5.57. The van der Waals surface area contributed by atoms with Crippen molar-refractivity contribution in [3.05, 3.63) is 82.0 Å². The van der Waals surface area contributed by atoms with Gasteiger partial charge in [0.2, 0.25) is 5.91 Å². The Morgan fingerprint density at radius 2 is 1.64 bits per heavy atom. The fourth-order valence-electron chi connectivity index (χ4n) is 4.08. The molecule has 1 atom stereocenters. The van der Waals surface area contributed by atoms with Crippen LogP contribution >= 0.6 is 11.3 Å². The number of carbonyl (C=O) groups is 3. The van der Waals surface area contributed by atoms with Crippen molar-refractivity contribution in [2.24, 2.45) is 0 Å². The van der Waals surface area contributed by atoms with Gasteiger partial charge in [0.25, 0.3) is 0 Å². The molecule has 4 rings (SSSR count). The summed E-state index contributed by atoms with van der Waals surface area (Å²) in [5.41, 5.74) is 4.56. The minimum absolute atomic E-state index is 0.0195. The smallest absolute Gasteiger partial charge is 0.407 e. The number of rotatable bonds is 9. The van der Waals surface area contributed by atoms with Crippen LogP contribution in [0.1, 0.15) is 40.8 Å². The van der Waals surface area contributed by atoms with Crippen molar-refractivity contribution in [1.29, 1.82) is 0 Å². The van der Waals surface area contributed by atoms with Gasteiger partial charge in [0, 0.05) is 23.8 Å². The number of carboxylic acid groups (broad SMARTS) is 1. The third-order valence-corrected chi connectivity index (χ3v) is 6.55. The van der Waals surface area contributed by atoms with Crippen LogP contribution in [0, 0.1) is 0 Å². The zero-order chi connectivity index (χ0) is 23.2. The van der Waals surface area contributed by atoms with E-state index in [9.17, 15) is 14.4 Å². The summed E-state index contributed by atoms with van der Waals surface area (Å²) >= 11 is 1.38. The van der Waals surface area contributed by atoms with E-state index in [0.717, 1.165) is 27.1 Å². The summed E-state index contributed by atoms with van der Waals surface area (Å²) in [5, 5.41) is 16.2. The topological polar surface area (TPSA) is 105 Å². The van der Waals surface area contributed by atoms with E-state index in [1.54, 1.807) is 12.1 Å². The van der Waals surface area contributed by atoms with Gasteiger partial charge in [-0.25, -0.2) is 4.79 Å². The molecule has 8 heteroatoms. The molecule has 1 aromatic heterocycles. The lowest BCUT2D eigenvalue weighted by Gasteiger charge is -2.16. The molecule has 3 aromatic rings. The highest BCUT2D eigenvalue weighted by Crippen LogP contribution is 2.44. The fraction of sp³-hybridized carbons (Fsp3) is 0.240. The molecule has 0 radical (unpaired) electrons. The van der Waals surface area contributed by atoms with Gasteiger partial charge in [-0.15, -0.1) is 11.3 Å². The number of alkyl carbamates (subject to hydrolysis) is 1. The minimum Gasteiger partial charge on any atom is -0.481 e. The Balaban J connectivity index is 1.26. The molecule has 0 aliphatic heterocycles. The lowest BCUT2D eigenvalue weighted by atomic mass is 9.98. The predicted molar refractivity (Wildman–Crippen MR) is 125 cm³/mol. The monoisotopic (exact) mass is 464 g/mol. The molecular weight excluding hydrogens is 440 g/mol. The average molecular weight is 465 g/mol. The van der Waals surface area contributed by atoms with Crippen LogP contribution < -0.4 is 10.6 Å². The molecule has 2 aromatic carbocycles. The van der Waals surface area contributed by atoms with Gasteiger partial charge in [-0.05, 0) is 33.7 Å². The lowest BCUT2D eigenvalue weighted by molar-refractivity contribution is -0.137. The molecular formula is C25H24N2O5S. The Kier molecular flexibility index (Phi) is 7.04. The Bertz CT molecular complexity index is 1100. The number of nitrogens with one attached hydrogen (secondary N) is 2. The van der Waals surface area contributed by atoms with E-state index < -0.39 is 18.1 Å². The molecule has 0 spiro atoms.